The molecule has 1 fully saturated rings. The van der Waals surface area contributed by atoms with Crippen molar-refractivity contribution in [3.63, 3.8) is 0 Å². The van der Waals surface area contributed by atoms with Gasteiger partial charge in [-0.2, -0.15) is 0 Å². The lowest BCUT2D eigenvalue weighted by molar-refractivity contribution is -0.154. The molecule has 3 rings (SSSR count). The minimum Gasteiger partial charge on any atom is -0.453 e. The van der Waals surface area contributed by atoms with Crippen molar-refractivity contribution in [3.8, 4) is 0 Å². The molecule has 1 saturated heterocycles. The molecule has 1 N–H and O–H groups in total. The minimum atomic E-state index is -0.889. The van der Waals surface area contributed by atoms with Crippen molar-refractivity contribution in [1.82, 2.24) is 10.2 Å². The summed E-state index contributed by atoms with van der Waals surface area (Å²) in [5.74, 6) is -1.07. The van der Waals surface area contributed by atoms with Gasteiger partial charge in [-0.1, -0.05) is 18.2 Å². The van der Waals surface area contributed by atoms with Crippen LogP contribution in [-0.4, -0.2) is 54.5 Å². The van der Waals surface area contributed by atoms with Gasteiger partial charge < -0.3 is 15.0 Å². The fourth-order valence-corrected chi connectivity index (χ4v) is 3.35. The van der Waals surface area contributed by atoms with Gasteiger partial charge in [-0.3, -0.25) is 19.3 Å². The van der Waals surface area contributed by atoms with E-state index in [4.69, 9.17) is 4.74 Å². The highest BCUT2D eigenvalue weighted by atomic mass is 16.5. The number of benzene rings is 1. The Bertz CT molecular complexity index is 747. The summed E-state index contributed by atoms with van der Waals surface area (Å²) in [7, 11) is 0. The van der Waals surface area contributed by atoms with Crippen molar-refractivity contribution in [1.29, 1.82) is 0 Å². The topological polar surface area (TPSA) is 96.0 Å². The lowest BCUT2D eigenvalue weighted by atomic mass is 10.0. The SMILES string of the molecule is C[C@H](OC(=O)CCCN1C(=O)CNC1=O)C(=O)N1CCCc2ccccc21. The van der Waals surface area contributed by atoms with Crippen LogP contribution in [0.1, 0.15) is 31.7 Å². The molecule has 0 spiro atoms. The molecule has 0 radical (unpaired) electrons. The number of fused-ring (bicyclic) bond motifs is 1. The minimum absolute atomic E-state index is 0.00781. The van der Waals surface area contributed by atoms with Crippen LogP contribution in [0.25, 0.3) is 0 Å². The first-order valence-corrected chi connectivity index (χ1v) is 9.14. The Morgan fingerprint density at radius 3 is 2.78 bits per heavy atom. The number of amides is 4. The van der Waals surface area contributed by atoms with Crippen LogP contribution in [0.2, 0.25) is 0 Å². The molecule has 2 aliphatic heterocycles. The Morgan fingerprint density at radius 1 is 1.26 bits per heavy atom. The number of para-hydroxylation sites is 1. The summed E-state index contributed by atoms with van der Waals surface area (Å²) >= 11 is 0. The standard InChI is InChI=1S/C19H23N3O5/c1-13(18(25)21-10-4-7-14-6-2-3-8-15(14)21)27-17(24)9-5-11-22-16(23)12-20-19(22)26/h2-3,6,8,13H,4-5,7,9-12H2,1H3,(H,20,26)/t13-/m0/s1. The molecule has 27 heavy (non-hydrogen) atoms. The van der Waals surface area contributed by atoms with Crippen LogP contribution in [0.5, 0.6) is 0 Å². The van der Waals surface area contributed by atoms with Gasteiger partial charge in [-0.05, 0) is 37.8 Å². The second-order valence-electron chi connectivity index (χ2n) is 6.66. The monoisotopic (exact) mass is 373 g/mol. The summed E-state index contributed by atoms with van der Waals surface area (Å²) < 4.78 is 5.26. The van der Waals surface area contributed by atoms with Crippen LogP contribution in [0.4, 0.5) is 10.5 Å². The average molecular weight is 373 g/mol. The van der Waals surface area contributed by atoms with Crippen molar-refractivity contribution >= 4 is 29.5 Å². The van der Waals surface area contributed by atoms with Crippen molar-refractivity contribution in [2.45, 2.75) is 38.7 Å². The largest absolute Gasteiger partial charge is 0.453 e. The third-order valence-corrected chi connectivity index (χ3v) is 4.73. The number of hydrogen-bond donors (Lipinski definition) is 1. The molecule has 2 heterocycles. The molecule has 0 aromatic heterocycles. The van der Waals surface area contributed by atoms with E-state index in [2.05, 4.69) is 5.32 Å². The predicted octanol–water partition coefficient (Wildman–Crippen LogP) is 1.23. The fraction of sp³-hybridized carbons (Fsp3) is 0.474. The lowest BCUT2D eigenvalue weighted by Gasteiger charge is -2.31. The van der Waals surface area contributed by atoms with Gasteiger partial charge in [-0.25, -0.2) is 4.79 Å². The number of carbonyl (C=O) groups excluding carboxylic acids is 4. The van der Waals surface area contributed by atoms with Crippen molar-refractivity contribution < 1.29 is 23.9 Å². The molecule has 0 saturated carbocycles. The molecule has 2 aliphatic rings. The number of anilines is 1. The molecule has 1 aromatic rings. The Labute approximate surface area is 157 Å². The molecule has 0 unspecified atom stereocenters. The van der Waals surface area contributed by atoms with Crippen LogP contribution in [0, 0.1) is 0 Å². The predicted molar refractivity (Wildman–Crippen MR) is 97.0 cm³/mol. The number of nitrogens with one attached hydrogen (secondary N) is 1. The van der Waals surface area contributed by atoms with Gasteiger partial charge in [0.1, 0.15) is 0 Å². The van der Waals surface area contributed by atoms with Gasteiger partial charge >= 0.3 is 12.0 Å². The lowest BCUT2D eigenvalue weighted by Crippen LogP contribution is -2.42. The van der Waals surface area contributed by atoms with Gasteiger partial charge in [0.2, 0.25) is 5.91 Å². The molecule has 4 amide bonds. The highest BCUT2D eigenvalue weighted by Gasteiger charge is 2.29. The van der Waals surface area contributed by atoms with Crippen LogP contribution in [0.15, 0.2) is 24.3 Å². The van der Waals surface area contributed by atoms with Crippen molar-refractivity contribution in [2.24, 2.45) is 0 Å². The maximum Gasteiger partial charge on any atom is 0.324 e. The van der Waals surface area contributed by atoms with Gasteiger partial charge in [0.15, 0.2) is 6.10 Å². The number of rotatable bonds is 6. The van der Waals surface area contributed by atoms with Gasteiger partial charge in [-0.15, -0.1) is 0 Å². The molecular formula is C19H23N3O5. The number of nitrogens with zero attached hydrogens (tertiary/aromatic N) is 2. The zero-order chi connectivity index (χ0) is 19.4. The van der Waals surface area contributed by atoms with Gasteiger partial charge in [0.05, 0.1) is 6.54 Å². The van der Waals surface area contributed by atoms with E-state index < -0.39 is 18.1 Å². The number of urea groups is 1. The molecule has 1 atom stereocenters. The first-order valence-electron chi connectivity index (χ1n) is 9.14. The fourth-order valence-electron chi connectivity index (χ4n) is 3.35. The van der Waals surface area contributed by atoms with Crippen LogP contribution in [-0.2, 0) is 25.5 Å². The number of carbonyl (C=O) groups is 4. The average Bonchev–Trinajstić information content (AvgIpc) is 2.99. The first-order chi connectivity index (χ1) is 13.0. The highest BCUT2D eigenvalue weighted by molar-refractivity contribution is 6.02. The summed E-state index contributed by atoms with van der Waals surface area (Å²) in [6.45, 7) is 2.31. The number of aryl methyl sites for hydroxylation is 1. The zero-order valence-electron chi connectivity index (χ0n) is 15.3. The third-order valence-electron chi connectivity index (χ3n) is 4.73. The Morgan fingerprint density at radius 2 is 2.04 bits per heavy atom. The number of ether oxygens (including phenoxy) is 1. The smallest absolute Gasteiger partial charge is 0.324 e. The maximum atomic E-state index is 12.7. The van der Waals surface area contributed by atoms with E-state index in [9.17, 15) is 19.2 Å². The summed E-state index contributed by atoms with van der Waals surface area (Å²) in [4.78, 5) is 50.4. The second kappa shape index (κ2) is 8.20. The second-order valence-corrected chi connectivity index (χ2v) is 6.66. The Balaban J connectivity index is 1.49. The van der Waals surface area contributed by atoms with Crippen molar-refractivity contribution in [2.75, 3.05) is 24.5 Å². The van der Waals surface area contributed by atoms with Crippen molar-refractivity contribution in [3.05, 3.63) is 29.8 Å². The molecule has 1 aromatic carbocycles. The Kier molecular flexibility index (Phi) is 5.73. The number of imide groups is 1. The molecule has 0 bridgehead atoms. The molecule has 8 heteroatoms. The Hall–Kier alpha value is -2.90. The van der Waals surface area contributed by atoms with E-state index in [1.165, 1.54) is 0 Å². The van der Waals surface area contributed by atoms with E-state index in [-0.39, 0.29) is 31.3 Å². The summed E-state index contributed by atoms with van der Waals surface area (Å²) in [5, 5.41) is 2.42. The summed E-state index contributed by atoms with van der Waals surface area (Å²) in [5.41, 5.74) is 1.99. The van der Waals surface area contributed by atoms with E-state index in [0.29, 0.717) is 13.0 Å². The number of hydrogen-bond acceptors (Lipinski definition) is 5. The molecular weight excluding hydrogens is 350 g/mol. The van der Waals surface area contributed by atoms with Crippen LogP contribution in [0.3, 0.4) is 0 Å². The van der Waals surface area contributed by atoms with Crippen LogP contribution >= 0.6 is 0 Å². The van der Waals surface area contributed by atoms with Gasteiger partial charge in [0, 0.05) is 25.2 Å². The molecule has 144 valence electrons. The van der Waals surface area contributed by atoms with Gasteiger partial charge in [0.25, 0.3) is 5.91 Å². The molecule has 8 nitrogen and oxygen atoms in total. The van der Waals surface area contributed by atoms with E-state index in [0.717, 1.165) is 29.0 Å². The maximum absolute atomic E-state index is 12.7. The first kappa shape index (κ1) is 18.9. The highest BCUT2D eigenvalue weighted by Crippen LogP contribution is 2.27. The third kappa shape index (κ3) is 4.27. The number of esters is 1. The van der Waals surface area contributed by atoms with E-state index in [1.807, 2.05) is 24.3 Å². The molecule has 0 aliphatic carbocycles. The zero-order valence-corrected chi connectivity index (χ0v) is 15.3. The quantitative estimate of drug-likeness (QED) is 0.598. The normalized spacial score (nSPS) is 17.4. The summed E-state index contributed by atoms with van der Waals surface area (Å²) in [6.07, 6.45) is 1.24. The van der Waals surface area contributed by atoms with Crippen LogP contribution < -0.4 is 10.2 Å². The van der Waals surface area contributed by atoms with E-state index >= 15 is 0 Å². The van der Waals surface area contributed by atoms with E-state index in [1.54, 1.807) is 11.8 Å². The summed E-state index contributed by atoms with van der Waals surface area (Å²) in [6, 6.07) is 7.29.